The molecule has 0 amide bonds. The molecule has 0 bridgehead atoms. The highest BCUT2D eigenvalue weighted by Crippen LogP contribution is 2.36. The maximum atomic E-state index is 14.0. The lowest BCUT2D eigenvalue weighted by molar-refractivity contribution is 0.162. The summed E-state index contributed by atoms with van der Waals surface area (Å²) in [5.41, 5.74) is 6.45. The third-order valence-electron chi connectivity index (χ3n) is 7.19. The number of piperidine rings is 1. The van der Waals surface area contributed by atoms with E-state index in [4.69, 9.17) is 4.74 Å². The summed E-state index contributed by atoms with van der Waals surface area (Å²) >= 11 is 0. The molecule has 0 radical (unpaired) electrons. The van der Waals surface area contributed by atoms with Crippen molar-refractivity contribution in [1.29, 1.82) is 0 Å². The molecule has 0 unspecified atom stereocenters. The molecule has 1 aliphatic heterocycles. The van der Waals surface area contributed by atoms with E-state index < -0.39 is 5.82 Å². The van der Waals surface area contributed by atoms with Crippen LogP contribution in [-0.2, 0) is 0 Å². The van der Waals surface area contributed by atoms with Crippen LogP contribution in [0.25, 0.3) is 55.4 Å². The highest BCUT2D eigenvalue weighted by molar-refractivity contribution is 6.01. The Morgan fingerprint density at radius 3 is 2.56 bits per heavy atom. The van der Waals surface area contributed by atoms with Crippen LogP contribution in [0.15, 0.2) is 73.3 Å². The van der Waals surface area contributed by atoms with E-state index in [1.165, 1.54) is 12.1 Å². The molecule has 39 heavy (non-hydrogen) atoms. The second kappa shape index (κ2) is 9.52. The lowest BCUT2D eigenvalue weighted by Crippen LogP contribution is -2.34. The van der Waals surface area contributed by atoms with Crippen LogP contribution in [-0.4, -0.2) is 49.4 Å². The molecule has 4 N–H and O–H groups in total. The van der Waals surface area contributed by atoms with Gasteiger partial charge in [-0.05, 0) is 73.5 Å². The van der Waals surface area contributed by atoms with Crippen molar-refractivity contribution >= 4 is 21.8 Å². The zero-order chi connectivity index (χ0) is 26.3. The van der Waals surface area contributed by atoms with Crippen LogP contribution in [0, 0.1) is 5.82 Å². The van der Waals surface area contributed by atoms with Gasteiger partial charge >= 0.3 is 0 Å². The number of pyridine rings is 2. The van der Waals surface area contributed by atoms with Crippen LogP contribution in [0.4, 0.5) is 4.39 Å². The van der Waals surface area contributed by atoms with Gasteiger partial charge in [-0.25, -0.2) is 4.39 Å². The second-order valence-electron chi connectivity index (χ2n) is 9.84. The van der Waals surface area contributed by atoms with Crippen molar-refractivity contribution in [1.82, 2.24) is 30.5 Å². The summed E-state index contributed by atoms with van der Waals surface area (Å²) in [6, 6.07) is 14.1. The number of aromatic amines is 2. The Bertz CT molecular complexity index is 1800. The molecule has 7 rings (SSSR count). The zero-order valence-electron chi connectivity index (χ0n) is 20.9. The lowest BCUT2D eigenvalue weighted by atomic mass is 10.0. The zero-order valence-corrected chi connectivity index (χ0v) is 20.9. The molecular weight excluding hydrogens is 495 g/mol. The van der Waals surface area contributed by atoms with Gasteiger partial charge in [0.2, 0.25) is 0 Å². The number of hydrogen-bond donors (Lipinski definition) is 4. The van der Waals surface area contributed by atoms with Crippen LogP contribution in [0.5, 0.6) is 11.5 Å². The Hall–Kier alpha value is -4.76. The number of fused-ring (bicyclic) bond motifs is 2. The molecule has 9 heteroatoms. The summed E-state index contributed by atoms with van der Waals surface area (Å²) in [5, 5.41) is 22.8. The van der Waals surface area contributed by atoms with Gasteiger partial charge in [0.15, 0.2) is 0 Å². The molecule has 5 heterocycles. The number of aromatic hydroxyl groups is 1. The van der Waals surface area contributed by atoms with Crippen molar-refractivity contribution < 1.29 is 14.2 Å². The van der Waals surface area contributed by atoms with Crippen LogP contribution in [0.3, 0.4) is 0 Å². The maximum Gasteiger partial charge on any atom is 0.138 e. The molecule has 194 valence electrons. The summed E-state index contributed by atoms with van der Waals surface area (Å²) < 4.78 is 20.2. The van der Waals surface area contributed by atoms with Crippen LogP contribution in [0.2, 0.25) is 0 Å². The fourth-order valence-electron chi connectivity index (χ4n) is 5.28. The first-order chi connectivity index (χ1) is 19.1. The molecule has 2 aromatic carbocycles. The van der Waals surface area contributed by atoms with Crippen molar-refractivity contribution in [3.05, 3.63) is 79.1 Å². The summed E-state index contributed by atoms with van der Waals surface area (Å²) in [7, 11) is 0. The Labute approximate surface area is 222 Å². The number of nitrogens with one attached hydrogen (secondary N) is 3. The van der Waals surface area contributed by atoms with Crippen molar-refractivity contribution in [3.8, 4) is 45.1 Å². The lowest BCUT2D eigenvalue weighted by Gasteiger charge is -2.23. The van der Waals surface area contributed by atoms with Crippen LogP contribution < -0.4 is 10.1 Å². The monoisotopic (exact) mass is 520 g/mol. The van der Waals surface area contributed by atoms with E-state index in [0.717, 1.165) is 82.1 Å². The molecule has 0 saturated carbocycles. The van der Waals surface area contributed by atoms with E-state index in [1.807, 2.05) is 30.5 Å². The SMILES string of the molecule is Oc1cc(F)cc(-c2cncc3[nH]c(-c4n[nH]c5ccc(-c6cncc(OC7CCNCC7)c6)cc45)cc23)c1. The molecule has 1 fully saturated rings. The number of halogens is 1. The van der Waals surface area contributed by atoms with E-state index in [0.29, 0.717) is 11.1 Å². The molecular formula is C30H25FN6O2. The number of H-pyrrole nitrogens is 2. The van der Waals surface area contributed by atoms with Gasteiger partial charge in [-0.15, -0.1) is 0 Å². The van der Waals surface area contributed by atoms with Gasteiger partial charge in [0.1, 0.15) is 29.1 Å². The Morgan fingerprint density at radius 1 is 0.821 bits per heavy atom. The third-order valence-corrected chi connectivity index (χ3v) is 7.19. The first kappa shape index (κ1) is 23.4. The molecule has 1 saturated heterocycles. The summed E-state index contributed by atoms with van der Waals surface area (Å²) in [5.74, 6) is 0.123. The second-order valence-corrected chi connectivity index (χ2v) is 9.84. The van der Waals surface area contributed by atoms with Crippen molar-refractivity contribution in [3.63, 3.8) is 0 Å². The molecule has 0 aliphatic carbocycles. The summed E-state index contributed by atoms with van der Waals surface area (Å²) in [6.07, 6.45) is 9.16. The topological polar surface area (TPSA) is 112 Å². The normalized spacial score (nSPS) is 14.3. The Morgan fingerprint density at radius 2 is 1.69 bits per heavy atom. The van der Waals surface area contributed by atoms with Gasteiger partial charge in [-0.3, -0.25) is 15.1 Å². The number of ether oxygens (including phenoxy) is 1. The number of nitrogens with zero attached hydrogens (tertiary/aromatic N) is 3. The molecule has 0 spiro atoms. The number of phenols is 1. The minimum Gasteiger partial charge on any atom is -0.508 e. The molecule has 6 aromatic rings. The minimum atomic E-state index is -0.511. The van der Waals surface area contributed by atoms with Crippen molar-refractivity contribution in [2.75, 3.05) is 13.1 Å². The van der Waals surface area contributed by atoms with E-state index in [-0.39, 0.29) is 11.9 Å². The van der Waals surface area contributed by atoms with Gasteiger partial charge in [0.25, 0.3) is 0 Å². The molecule has 1 aliphatic rings. The summed E-state index contributed by atoms with van der Waals surface area (Å²) in [4.78, 5) is 12.2. The van der Waals surface area contributed by atoms with E-state index in [1.54, 1.807) is 18.6 Å². The maximum absolute atomic E-state index is 14.0. The number of hydrogen-bond acceptors (Lipinski definition) is 6. The largest absolute Gasteiger partial charge is 0.508 e. The van der Waals surface area contributed by atoms with E-state index in [2.05, 4.69) is 36.5 Å². The molecule has 8 nitrogen and oxygen atoms in total. The van der Waals surface area contributed by atoms with Gasteiger partial charge in [-0.1, -0.05) is 6.07 Å². The fourth-order valence-corrected chi connectivity index (χ4v) is 5.28. The van der Waals surface area contributed by atoms with Gasteiger partial charge < -0.3 is 20.1 Å². The number of rotatable bonds is 5. The van der Waals surface area contributed by atoms with Gasteiger partial charge in [-0.2, -0.15) is 5.10 Å². The molecule has 0 atom stereocenters. The fraction of sp³-hybridized carbons (Fsp3) is 0.167. The number of phenolic OH excluding ortho intramolecular Hbond substituents is 1. The minimum absolute atomic E-state index is 0.136. The first-order valence-electron chi connectivity index (χ1n) is 12.9. The van der Waals surface area contributed by atoms with Gasteiger partial charge in [0.05, 0.1) is 29.1 Å². The third kappa shape index (κ3) is 4.46. The Kier molecular flexibility index (Phi) is 5.70. The van der Waals surface area contributed by atoms with E-state index in [9.17, 15) is 9.50 Å². The summed E-state index contributed by atoms with van der Waals surface area (Å²) in [6.45, 7) is 1.93. The predicted molar refractivity (Wildman–Crippen MR) is 148 cm³/mol. The van der Waals surface area contributed by atoms with Crippen molar-refractivity contribution in [2.24, 2.45) is 0 Å². The number of aromatic nitrogens is 5. The number of benzene rings is 2. The first-order valence-corrected chi connectivity index (χ1v) is 12.9. The van der Waals surface area contributed by atoms with Gasteiger partial charge in [0, 0.05) is 40.4 Å². The highest BCUT2D eigenvalue weighted by atomic mass is 19.1. The van der Waals surface area contributed by atoms with E-state index >= 15 is 0 Å². The smallest absolute Gasteiger partial charge is 0.138 e. The average molecular weight is 521 g/mol. The average Bonchev–Trinajstić information content (AvgIpc) is 3.57. The molecule has 4 aromatic heterocycles. The highest BCUT2D eigenvalue weighted by Gasteiger charge is 2.17. The quantitative estimate of drug-likeness (QED) is 0.228. The Balaban J connectivity index is 1.26. The van der Waals surface area contributed by atoms with Crippen LogP contribution in [0.1, 0.15) is 12.8 Å². The van der Waals surface area contributed by atoms with Crippen molar-refractivity contribution in [2.45, 2.75) is 18.9 Å². The predicted octanol–water partition coefficient (Wildman–Crippen LogP) is 5.81. The standard InChI is InChI=1S/C30H25FN6O2/c31-20-7-18(8-21(38)11-20)26-15-34-16-29-24(26)12-28(35-29)30-25-10-17(1-2-27(25)36-37-30)19-9-23(14-33-13-19)39-22-3-5-32-6-4-22/h1-2,7-16,22,32,35,38H,3-6H2,(H,36,37). The van der Waals surface area contributed by atoms with Crippen LogP contribution >= 0.6 is 0 Å².